The second-order valence-corrected chi connectivity index (χ2v) is 6.14. The number of amides is 1. The minimum atomic E-state index is -0.0819. The summed E-state index contributed by atoms with van der Waals surface area (Å²) in [6.45, 7) is 2.06. The van der Waals surface area contributed by atoms with Gasteiger partial charge in [0.25, 0.3) is 0 Å². The van der Waals surface area contributed by atoms with Gasteiger partial charge in [0.05, 0.1) is 6.04 Å². The summed E-state index contributed by atoms with van der Waals surface area (Å²) in [5.74, 6) is 0.977. The number of carbonyl (C=O) groups excluding carboxylic acids is 1. The predicted octanol–water partition coefficient (Wildman–Crippen LogP) is 3.02. The van der Waals surface area contributed by atoms with E-state index in [1.165, 1.54) is 0 Å². The highest BCUT2D eigenvalue weighted by atomic mass is 16.5. The standard InChI is InChI=1S/C20H24N2O2/c23-20-19(8-4-5-13-21-20)22-14-16-9-11-18(12-10-16)24-15-17-6-2-1-3-7-17/h1-3,6-7,9-12,19,22H,4-5,8,13-15H2,(H,21,23)/t19-/m0/s1. The Hall–Kier alpha value is -2.33. The van der Waals surface area contributed by atoms with Crippen molar-refractivity contribution < 1.29 is 9.53 Å². The molecule has 1 aliphatic heterocycles. The molecule has 3 rings (SSSR count). The molecule has 24 heavy (non-hydrogen) atoms. The fraction of sp³-hybridized carbons (Fsp3) is 0.350. The van der Waals surface area contributed by atoms with Crippen LogP contribution in [-0.2, 0) is 17.9 Å². The summed E-state index contributed by atoms with van der Waals surface area (Å²) in [6, 6.07) is 18.1. The van der Waals surface area contributed by atoms with Crippen LogP contribution in [0.15, 0.2) is 54.6 Å². The average Bonchev–Trinajstić information content (AvgIpc) is 2.84. The van der Waals surface area contributed by atoms with Crippen molar-refractivity contribution >= 4 is 5.91 Å². The zero-order valence-electron chi connectivity index (χ0n) is 13.8. The molecule has 2 N–H and O–H groups in total. The Labute approximate surface area is 143 Å². The van der Waals surface area contributed by atoms with Crippen molar-refractivity contribution in [2.45, 2.75) is 38.5 Å². The summed E-state index contributed by atoms with van der Waals surface area (Å²) in [7, 11) is 0. The van der Waals surface area contributed by atoms with Gasteiger partial charge in [-0.15, -0.1) is 0 Å². The van der Waals surface area contributed by atoms with Crippen LogP contribution in [0.4, 0.5) is 0 Å². The Morgan fingerprint density at radius 3 is 2.58 bits per heavy atom. The highest BCUT2D eigenvalue weighted by Crippen LogP contribution is 2.15. The van der Waals surface area contributed by atoms with E-state index >= 15 is 0 Å². The first-order valence-electron chi connectivity index (χ1n) is 8.58. The SMILES string of the molecule is O=C1NCCCC[C@@H]1NCc1ccc(OCc2ccccc2)cc1. The van der Waals surface area contributed by atoms with E-state index in [0.29, 0.717) is 13.2 Å². The van der Waals surface area contributed by atoms with Crippen LogP contribution in [0.3, 0.4) is 0 Å². The summed E-state index contributed by atoms with van der Waals surface area (Å²) >= 11 is 0. The number of hydrogen-bond donors (Lipinski definition) is 2. The molecule has 4 heteroatoms. The van der Waals surface area contributed by atoms with Gasteiger partial charge in [-0.2, -0.15) is 0 Å². The lowest BCUT2D eigenvalue weighted by molar-refractivity contribution is -0.122. The summed E-state index contributed by atoms with van der Waals surface area (Å²) in [4.78, 5) is 11.9. The third kappa shape index (κ3) is 4.83. The van der Waals surface area contributed by atoms with Crippen LogP contribution in [0.2, 0.25) is 0 Å². The van der Waals surface area contributed by atoms with Crippen LogP contribution in [0.25, 0.3) is 0 Å². The second kappa shape index (κ2) is 8.50. The molecular formula is C20H24N2O2. The van der Waals surface area contributed by atoms with E-state index in [0.717, 1.165) is 42.7 Å². The Morgan fingerprint density at radius 2 is 1.79 bits per heavy atom. The van der Waals surface area contributed by atoms with Gasteiger partial charge < -0.3 is 15.4 Å². The lowest BCUT2D eigenvalue weighted by Gasteiger charge is -2.15. The summed E-state index contributed by atoms with van der Waals surface area (Å²) in [5, 5.41) is 6.30. The molecule has 1 aliphatic rings. The number of nitrogens with one attached hydrogen (secondary N) is 2. The van der Waals surface area contributed by atoms with Gasteiger partial charge in [0.2, 0.25) is 5.91 Å². The Kier molecular flexibility index (Phi) is 5.85. The van der Waals surface area contributed by atoms with Gasteiger partial charge in [-0.1, -0.05) is 42.5 Å². The maximum absolute atomic E-state index is 11.9. The highest BCUT2D eigenvalue weighted by molar-refractivity contribution is 5.81. The molecule has 1 saturated heterocycles. The van der Waals surface area contributed by atoms with Gasteiger partial charge in [0.1, 0.15) is 12.4 Å². The van der Waals surface area contributed by atoms with Gasteiger partial charge in [-0.05, 0) is 42.5 Å². The van der Waals surface area contributed by atoms with Gasteiger partial charge in [0, 0.05) is 13.1 Å². The quantitative estimate of drug-likeness (QED) is 0.859. The Balaban J connectivity index is 1.48. The monoisotopic (exact) mass is 324 g/mol. The molecule has 0 aromatic heterocycles. The van der Waals surface area contributed by atoms with E-state index in [9.17, 15) is 4.79 Å². The minimum Gasteiger partial charge on any atom is -0.489 e. The number of ether oxygens (including phenoxy) is 1. The number of hydrogen-bond acceptors (Lipinski definition) is 3. The molecule has 1 amide bonds. The second-order valence-electron chi connectivity index (χ2n) is 6.14. The molecule has 2 aromatic carbocycles. The van der Waals surface area contributed by atoms with Crippen molar-refractivity contribution in [2.24, 2.45) is 0 Å². The average molecular weight is 324 g/mol. The van der Waals surface area contributed by atoms with Crippen molar-refractivity contribution in [1.29, 1.82) is 0 Å². The van der Waals surface area contributed by atoms with E-state index in [4.69, 9.17) is 4.74 Å². The minimum absolute atomic E-state index is 0.0819. The lowest BCUT2D eigenvalue weighted by atomic mass is 10.1. The van der Waals surface area contributed by atoms with Gasteiger partial charge in [-0.25, -0.2) is 0 Å². The van der Waals surface area contributed by atoms with E-state index in [-0.39, 0.29) is 11.9 Å². The molecule has 0 saturated carbocycles. The molecule has 0 bridgehead atoms. The zero-order valence-corrected chi connectivity index (χ0v) is 13.8. The van der Waals surface area contributed by atoms with Crippen LogP contribution < -0.4 is 15.4 Å². The van der Waals surface area contributed by atoms with Gasteiger partial charge in [0.15, 0.2) is 0 Å². The first-order valence-corrected chi connectivity index (χ1v) is 8.58. The maximum Gasteiger partial charge on any atom is 0.237 e. The zero-order chi connectivity index (χ0) is 16.6. The van der Waals surface area contributed by atoms with Crippen molar-refractivity contribution in [3.8, 4) is 5.75 Å². The summed E-state index contributed by atoms with van der Waals surface area (Å²) < 4.78 is 5.79. The molecule has 1 fully saturated rings. The van der Waals surface area contributed by atoms with Crippen LogP contribution in [0, 0.1) is 0 Å². The first kappa shape index (κ1) is 16.5. The smallest absolute Gasteiger partial charge is 0.237 e. The van der Waals surface area contributed by atoms with Crippen LogP contribution >= 0.6 is 0 Å². The topological polar surface area (TPSA) is 50.4 Å². The van der Waals surface area contributed by atoms with Crippen LogP contribution in [-0.4, -0.2) is 18.5 Å². The van der Waals surface area contributed by atoms with Crippen LogP contribution in [0.1, 0.15) is 30.4 Å². The van der Waals surface area contributed by atoms with Crippen molar-refractivity contribution in [3.05, 3.63) is 65.7 Å². The molecule has 0 spiro atoms. The third-order valence-corrected chi connectivity index (χ3v) is 4.26. The molecule has 1 heterocycles. The van der Waals surface area contributed by atoms with Crippen LogP contribution in [0.5, 0.6) is 5.75 Å². The molecule has 4 nitrogen and oxygen atoms in total. The van der Waals surface area contributed by atoms with E-state index in [1.807, 2.05) is 42.5 Å². The molecular weight excluding hydrogens is 300 g/mol. The number of benzene rings is 2. The molecule has 0 unspecified atom stereocenters. The third-order valence-electron chi connectivity index (χ3n) is 4.26. The molecule has 2 aromatic rings. The van der Waals surface area contributed by atoms with E-state index in [2.05, 4.69) is 22.8 Å². The first-order chi connectivity index (χ1) is 11.8. The fourth-order valence-electron chi connectivity index (χ4n) is 2.82. The molecule has 0 aliphatic carbocycles. The van der Waals surface area contributed by atoms with Crippen molar-refractivity contribution in [1.82, 2.24) is 10.6 Å². The van der Waals surface area contributed by atoms with Crippen molar-refractivity contribution in [2.75, 3.05) is 6.54 Å². The summed E-state index contributed by atoms with van der Waals surface area (Å²) in [5.41, 5.74) is 2.31. The highest BCUT2D eigenvalue weighted by Gasteiger charge is 2.19. The molecule has 0 radical (unpaired) electrons. The molecule has 126 valence electrons. The Bertz CT molecular complexity index is 640. The van der Waals surface area contributed by atoms with E-state index in [1.54, 1.807) is 0 Å². The van der Waals surface area contributed by atoms with Gasteiger partial charge in [-0.3, -0.25) is 4.79 Å². The summed E-state index contributed by atoms with van der Waals surface area (Å²) in [6.07, 6.45) is 3.06. The maximum atomic E-state index is 11.9. The lowest BCUT2D eigenvalue weighted by Crippen LogP contribution is -2.42. The van der Waals surface area contributed by atoms with Gasteiger partial charge >= 0.3 is 0 Å². The Morgan fingerprint density at radius 1 is 1.00 bits per heavy atom. The largest absolute Gasteiger partial charge is 0.489 e. The number of carbonyl (C=O) groups is 1. The van der Waals surface area contributed by atoms with Crippen molar-refractivity contribution in [3.63, 3.8) is 0 Å². The predicted molar refractivity (Wildman–Crippen MR) is 94.7 cm³/mol. The normalized spacial score (nSPS) is 17.8. The van der Waals surface area contributed by atoms with E-state index < -0.39 is 0 Å². The molecule has 1 atom stereocenters. The fourth-order valence-corrected chi connectivity index (χ4v) is 2.82. The number of rotatable bonds is 6.